The summed E-state index contributed by atoms with van der Waals surface area (Å²) in [5, 5.41) is 0. The van der Waals surface area contributed by atoms with Gasteiger partial charge in [-0.1, -0.05) is 37.3 Å². The van der Waals surface area contributed by atoms with Crippen LogP contribution in [0.1, 0.15) is 39.6 Å². The van der Waals surface area contributed by atoms with E-state index in [0.29, 0.717) is 23.5 Å². The van der Waals surface area contributed by atoms with Crippen molar-refractivity contribution in [3.05, 3.63) is 71.3 Å². The zero-order valence-corrected chi connectivity index (χ0v) is 15.3. The van der Waals surface area contributed by atoms with Gasteiger partial charge in [0.15, 0.2) is 0 Å². The average Bonchev–Trinajstić information content (AvgIpc) is 2.68. The van der Waals surface area contributed by atoms with Gasteiger partial charge in [0.1, 0.15) is 6.29 Å². The van der Waals surface area contributed by atoms with Crippen LogP contribution >= 0.6 is 0 Å². The Labute approximate surface area is 153 Å². The van der Waals surface area contributed by atoms with Crippen molar-refractivity contribution >= 4 is 18.2 Å². The van der Waals surface area contributed by atoms with Crippen LogP contribution in [0, 0.1) is 5.92 Å². The number of carbonyl (C=O) groups is 3. The molecule has 0 radical (unpaired) electrons. The zero-order chi connectivity index (χ0) is 19.4. The minimum atomic E-state index is -0.326. The zero-order valence-electron chi connectivity index (χ0n) is 15.3. The molecule has 5 nitrogen and oxygen atoms in total. The molecule has 0 amide bonds. The molecule has 0 bridgehead atoms. The summed E-state index contributed by atoms with van der Waals surface area (Å²) in [6.45, 7) is 2.03. The summed E-state index contributed by atoms with van der Waals surface area (Å²) in [5.74, 6) is -0.283. The molecule has 0 saturated heterocycles. The summed E-state index contributed by atoms with van der Waals surface area (Å²) in [4.78, 5) is 32.3. The highest BCUT2D eigenvalue weighted by Gasteiger charge is 2.06. The number of benzene rings is 2. The number of hydrogen-bond donors (Lipinski definition) is 0. The lowest BCUT2D eigenvalue weighted by molar-refractivity contribution is -0.108. The molecule has 0 saturated carbocycles. The maximum atomic E-state index is 11.2. The normalized spacial score (nSPS) is 10.7. The highest BCUT2D eigenvalue weighted by atomic mass is 16.5. The largest absolute Gasteiger partial charge is 0.465 e. The molecule has 0 heterocycles. The second-order valence-electron chi connectivity index (χ2n) is 5.76. The average molecular weight is 356 g/mol. The van der Waals surface area contributed by atoms with E-state index in [1.807, 2.05) is 25.1 Å². The molecule has 2 aromatic rings. The number of esters is 2. The van der Waals surface area contributed by atoms with Gasteiger partial charge in [0, 0.05) is 6.42 Å². The Morgan fingerprint density at radius 1 is 0.885 bits per heavy atom. The van der Waals surface area contributed by atoms with Crippen LogP contribution in [0.25, 0.3) is 0 Å². The Morgan fingerprint density at radius 2 is 1.38 bits per heavy atom. The molecular weight excluding hydrogens is 332 g/mol. The van der Waals surface area contributed by atoms with Crippen LogP contribution in [0.15, 0.2) is 54.6 Å². The lowest BCUT2D eigenvalue weighted by Gasteiger charge is -2.07. The van der Waals surface area contributed by atoms with Crippen LogP contribution < -0.4 is 0 Å². The summed E-state index contributed by atoms with van der Waals surface area (Å²) in [7, 11) is 2.73. The van der Waals surface area contributed by atoms with Gasteiger partial charge in [-0.05, 0) is 42.2 Å². The molecule has 138 valence electrons. The summed E-state index contributed by atoms with van der Waals surface area (Å²) in [5.41, 5.74) is 2.27. The van der Waals surface area contributed by atoms with E-state index in [1.54, 1.807) is 36.4 Å². The third-order valence-corrected chi connectivity index (χ3v) is 3.65. The van der Waals surface area contributed by atoms with Gasteiger partial charge in [-0.3, -0.25) is 0 Å². The first-order valence-electron chi connectivity index (χ1n) is 8.26. The molecule has 2 rings (SSSR count). The monoisotopic (exact) mass is 356 g/mol. The fourth-order valence-corrected chi connectivity index (χ4v) is 2.24. The van der Waals surface area contributed by atoms with Crippen LogP contribution in [-0.2, 0) is 20.7 Å². The molecule has 0 aliphatic carbocycles. The van der Waals surface area contributed by atoms with Gasteiger partial charge >= 0.3 is 11.9 Å². The van der Waals surface area contributed by atoms with Crippen LogP contribution in [-0.4, -0.2) is 32.4 Å². The fraction of sp³-hybridized carbons (Fsp3) is 0.286. The predicted octanol–water partition coefficient (Wildman–Crippen LogP) is 3.71. The topological polar surface area (TPSA) is 69.7 Å². The summed E-state index contributed by atoms with van der Waals surface area (Å²) >= 11 is 0. The van der Waals surface area contributed by atoms with Crippen molar-refractivity contribution in [2.24, 2.45) is 5.92 Å². The first kappa shape index (κ1) is 21.1. The van der Waals surface area contributed by atoms with Crippen molar-refractivity contribution in [2.45, 2.75) is 19.8 Å². The van der Waals surface area contributed by atoms with Crippen molar-refractivity contribution in [1.29, 1.82) is 0 Å². The van der Waals surface area contributed by atoms with Gasteiger partial charge in [0.25, 0.3) is 0 Å². The van der Waals surface area contributed by atoms with E-state index in [1.165, 1.54) is 14.2 Å². The molecule has 26 heavy (non-hydrogen) atoms. The molecule has 0 N–H and O–H groups in total. The van der Waals surface area contributed by atoms with E-state index >= 15 is 0 Å². The fourth-order valence-electron chi connectivity index (χ4n) is 2.24. The molecule has 1 unspecified atom stereocenters. The minimum Gasteiger partial charge on any atom is -0.465 e. The Morgan fingerprint density at radius 3 is 1.85 bits per heavy atom. The molecule has 2 aromatic carbocycles. The second-order valence-corrected chi connectivity index (χ2v) is 5.76. The molecule has 5 heteroatoms. The van der Waals surface area contributed by atoms with E-state index in [-0.39, 0.29) is 11.9 Å². The van der Waals surface area contributed by atoms with Gasteiger partial charge in [0.2, 0.25) is 0 Å². The maximum Gasteiger partial charge on any atom is 0.337 e. The number of ether oxygens (including phenoxy) is 2. The molecule has 0 aliphatic heterocycles. The first-order chi connectivity index (χ1) is 12.5. The molecular formula is C21H24O5. The summed E-state index contributed by atoms with van der Waals surface area (Å²) < 4.78 is 9.11. The Balaban J connectivity index is 0.000000289. The van der Waals surface area contributed by atoms with Crippen LogP contribution in [0.2, 0.25) is 0 Å². The predicted molar refractivity (Wildman–Crippen MR) is 99.1 cm³/mol. The number of methoxy groups -OCH3 is 2. The molecule has 0 aliphatic rings. The number of aldehydes is 1. The lowest BCUT2D eigenvalue weighted by atomic mass is 9.98. The standard InChI is InChI=1S/C13H16O3.C8H8O2/c1-10(7-8-14)9-11-3-5-12(6-4-11)13(15)16-2;1-10-8(9)7-5-3-2-4-6-7/h3-6,8,10H,7,9H2,1-2H3;2-6H,1H3. The lowest BCUT2D eigenvalue weighted by Crippen LogP contribution is -2.03. The highest BCUT2D eigenvalue weighted by Crippen LogP contribution is 2.12. The van der Waals surface area contributed by atoms with Crippen molar-refractivity contribution in [3.8, 4) is 0 Å². The van der Waals surface area contributed by atoms with E-state index < -0.39 is 0 Å². The second kappa shape index (κ2) is 11.6. The van der Waals surface area contributed by atoms with Crippen molar-refractivity contribution in [1.82, 2.24) is 0 Å². The Kier molecular flexibility index (Phi) is 9.39. The highest BCUT2D eigenvalue weighted by molar-refractivity contribution is 5.89. The minimum absolute atomic E-state index is 0.291. The van der Waals surface area contributed by atoms with Crippen molar-refractivity contribution < 1.29 is 23.9 Å². The van der Waals surface area contributed by atoms with Gasteiger partial charge in [-0.15, -0.1) is 0 Å². The van der Waals surface area contributed by atoms with Gasteiger partial charge in [-0.25, -0.2) is 9.59 Å². The van der Waals surface area contributed by atoms with E-state index in [2.05, 4.69) is 9.47 Å². The van der Waals surface area contributed by atoms with Crippen molar-refractivity contribution in [2.75, 3.05) is 14.2 Å². The Bertz CT molecular complexity index is 692. The van der Waals surface area contributed by atoms with Crippen molar-refractivity contribution in [3.63, 3.8) is 0 Å². The summed E-state index contributed by atoms with van der Waals surface area (Å²) in [6.07, 6.45) is 2.35. The quantitative estimate of drug-likeness (QED) is 0.583. The van der Waals surface area contributed by atoms with Crippen LogP contribution in [0.5, 0.6) is 0 Å². The van der Waals surface area contributed by atoms with Crippen LogP contribution in [0.3, 0.4) is 0 Å². The van der Waals surface area contributed by atoms with E-state index in [4.69, 9.17) is 0 Å². The van der Waals surface area contributed by atoms with E-state index in [9.17, 15) is 14.4 Å². The third kappa shape index (κ3) is 7.30. The molecule has 0 aromatic heterocycles. The van der Waals surface area contributed by atoms with Gasteiger partial charge in [-0.2, -0.15) is 0 Å². The molecule has 0 fully saturated rings. The Hall–Kier alpha value is -2.95. The number of rotatable bonds is 6. The van der Waals surface area contributed by atoms with Gasteiger partial charge in [0.05, 0.1) is 25.3 Å². The number of hydrogen-bond acceptors (Lipinski definition) is 5. The smallest absolute Gasteiger partial charge is 0.337 e. The van der Waals surface area contributed by atoms with Gasteiger partial charge < -0.3 is 14.3 Å². The number of carbonyl (C=O) groups excluding carboxylic acids is 3. The third-order valence-electron chi connectivity index (χ3n) is 3.65. The molecule has 1 atom stereocenters. The first-order valence-corrected chi connectivity index (χ1v) is 8.26. The maximum absolute atomic E-state index is 11.2. The van der Waals surface area contributed by atoms with E-state index in [0.717, 1.165) is 18.3 Å². The SMILES string of the molecule is COC(=O)c1ccc(CC(C)CC=O)cc1.COC(=O)c1ccccc1. The van der Waals surface area contributed by atoms with Crippen LogP contribution in [0.4, 0.5) is 0 Å². The molecule has 0 spiro atoms. The summed E-state index contributed by atoms with van der Waals surface area (Å²) in [6, 6.07) is 16.2.